The van der Waals surface area contributed by atoms with Crippen molar-refractivity contribution in [1.29, 1.82) is 0 Å². The van der Waals surface area contributed by atoms with Gasteiger partial charge in [-0.1, -0.05) is 41.5 Å². The molecule has 0 aliphatic heterocycles. The third-order valence-corrected chi connectivity index (χ3v) is 5.24. The molecule has 0 radical (unpaired) electrons. The second-order valence-electron chi connectivity index (χ2n) is 6.33. The number of carboxylic acids is 1. The average Bonchev–Trinajstić information content (AvgIpc) is 2.95. The van der Waals surface area contributed by atoms with E-state index in [0.29, 0.717) is 4.88 Å². The van der Waals surface area contributed by atoms with Crippen LogP contribution in [0.1, 0.15) is 31.9 Å². The summed E-state index contributed by atoms with van der Waals surface area (Å²) in [6, 6.07) is 14.5. The molecule has 0 aliphatic rings. The van der Waals surface area contributed by atoms with Gasteiger partial charge < -0.3 is 5.11 Å². The first-order chi connectivity index (χ1) is 11.3. The molecule has 0 aliphatic carbocycles. The van der Waals surface area contributed by atoms with E-state index >= 15 is 0 Å². The monoisotopic (exact) mass is 336 g/mol. The van der Waals surface area contributed by atoms with Gasteiger partial charge in [0.1, 0.15) is 4.88 Å². The van der Waals surface area contributed by atoms with Crippen molar-refractivity contribution in [3.63, 3.8) is 0 Å². The molecule has 1 aromatic heterocycles. The van der Waals surface area contributed by atoms with Crippen LogP contribution < -0.4 is 0 Å². The van der Waals surface area contributed by atoms with Gasteiger partial charge in [-0.05, 0) is 67.6 Å². The first kappa shape index (κ1) is 16.5. The van der Waals surface area contributed by atoms with Gasteiger partial charge in [0.15, 0.2) is 0 Å². The summed E-state index contributed by atoms with van der Waals surface area (Å²) in [4.78, 5) is 12.5. The Morgan fingerprint density at radius 3 is 1.88 bits per heavy atom. The van der Waals surface area contributed by atoms with Gasteiger partial charge in [0, 0.05) is 4.88 Å². The van der Waals surface area contributed by atoms with Crippen LogP contribution >= 0.6 is 11.3 Å². The standard InChI is InChI=1S/C21H20O2S/c1-12-7-13(2)9-16(8-12)17-10-14(3)20(15(4)11-17)18-5-6-19(24-18)21(22)23/h5-11H,1-4H3,(H,22,23). The highest BCUT2D eigenvalue weighted by molar-refractivity contribution is 7.17. The van der Waals surface area contributed by atoms with Crippen LogP contribution in [-0.2, 0) is 0 Å². The molecular weight excluding hydrogens is 316 g/mol. The Balaban J connectivity index is 2.10. The summed E-state index contributed by atoms with van der Waals surface area (Å²) in [7, 11) is 0. The summed E-state index contributed by atoms with van der Waals surface area (Å²) in [6.07, 6.45) is 0. The summed E-state index contributed by atoms with van der Waals surface area (Å²) in [5.74, 6) is -0.867. The number of hydrogen-bond acceptors (Lipinski definition) is 2. The van der Waals surface area contributed by atoms with Gasteiger partial charge >= 0.3 is 5.97 Å². The second kappa shape index (κ2) is 6.25. The van der Waals surface area contributed by atoms with Crippen LogP contribution in [-0.4, -0.2) is 11.1 Å². The second-order valence-corrected chi connectivity index (χ2v) is 7.41. The Kier molecular flexibility index (Phi) is 4.29. The van der Waals surface area contributed by atoms with E-state index in [1.54, 1.807) is 6.07 Å². The highest BCUT2D eigenvalue weighted by atomic mass is 32.1. The minimum absolute atomic E-state index is 0.377. The van der Waals surface area contributed by atoms with Crippen molar-refractivity contribution in [3.8, 4) is 21.6 Å². The number of aryl methyl sites for hydroxylation is 4. The topological polar surface area (TPSA) is 37.3 Å². The van der Waals surface area contributed by atoms with Crippen molar-refractivity contribution in [3.05, 3.63) is 69.6 Å². The SMILES string of the molecule is Cc1cc(C)cc(-c2cc(C)c(-c3ccc(C(=O)O)s3)c(C)c2)c1. The van der Waals surface area contributed by atoms with Gasteiger partial charge in [-0.3, -0.25) is 0 Å². The summed E-state index contributed by atoms with van der Waals surface area (Å²) in [5.41, 5.74) is 8.42. The van der Waals surface area contributed by atoms with Gasteiger partial charge in [0.25, 0.3) is 0 Å². The summed E-state index contributed by atoms with van der Waals surface area (Å²) in [6.45, 7) is 8.41. The molecule has 122 valence electrons. The molecule has 3 heteroatoms. The van der Waals surface area contributed by atoms with Crippen molar-refractivity contribution in [2.45, 2.75) is 27.7 Å². The van der Waals surface area contributed by atoms with Crippen molar-refractivity contribution in [1.82, 2.24) is 0 Å². The van der Waals surface area contributed by atoms with Crippen molar-refractivity contribution in [2.75, 3.05) is 0 Å². The fourth-order valence-electron chi connectivity index (χ4n) is 3.25. The fraction of sp³-hybridized carbons (Fsp3) is 0.190. The van der Waals surface area contributed by atoms with Crippen molar-refractivity contribution >= 4 is 17.3 Å². The Bertz CT molecular complexity index is 892. The van der Waals surface area contributed by atoms with Crippen molar-refractivity contribution < 1.29 is 9.90 Å². The molecule has 3 aromatic rings. The molecule has 0 fully saturated rings. The highest BCUT2D eigenvalue weighted by Crippen LogP contribution is 2.36. The molecule has 2 aromatic carbocycles. The van der Waals surface area contributed by atoms with Gasteiger partial charge in [0.05, 0.1) is 0 Å². The Morgan fingerprint density at radius 2 is 1.38 bits per heavy atom. The van der Waals surface area contributed by atoms with Gasteiger partial charge in [-0.25, -0.2) is 4.79 Å². The lowest BCUT2D eigenvalue weighted by Crippen LogP contribution is -1.91. The number of carbonyl (C=O) groups is 1. The third kappa shape index (κ3) is 3.13. The summed E-state index contributed by atoms with van der Waals surface area (Å²) in [5, 5.41) is 9.14. The lowest BCUT2D eigenvalue weighted by molar-refractivity contribution is 0.0702. The highest BCUT2D eigenvalue weighted by Gasteiger charge is 2.13. The van der Waals surface area contributed by atoms with Crippen LogP contribution in [0.4, 0.5) is 0 Å². The molecular formula is C21H20O2S. The molecule has 2 nitrogen and oxygen atoms in total. The third-order valence-electron chi connectivity index (χ3n) is 4.15. The molecule has 0 saturated carbocycles. The first-order valence-electron chi connectivity index (χ1n) is 7.88. The summed E-state index contributed by atoms with van der Waals surface area (Å²) < 4.78 is 0. The van der Waals surface area contributed by atoms with Crippen LogP contribution in [0.15, 0.2) is 42.5 Å². The number of hydrogen-bond donors (Lipinski definition) is 1. The predicted molar refractivity (Wildman–Crippen MR) is 101 cm³/mol. The van der Waals surface area contributed by atoms with Crippen LogP contribution in [0.5, 0.6) is 0 Å². The average molecular weight is 336 g/mol. The van der Waals surface area contributed by atoms with E-state index in [2.05, 4.69) is 58.0 Å². The molecule has 0 spiro atoms. The number of rotatable bonds is 3. The van der Waals surface area contributed by atoms with E-state index in [-0.39, 0.29) is 0 Å². The zero-order valence-corrected chi connectivity index (χ0v) is 15.1. The maximum Gasteiger partial charge on any atom is 0.345 e. The van der Waals surface area contributed by atoms with Crippen LogP contribution in [0.2, 0.25) is 0 Å². The van der Waals surface area contributed by atoms with E-state index < -0.39 is 5.97 Å². The molecule has 1 N–H and O–H groups in total. The molecule has 3 rings (SSSR count). The molecule has 0 saturated heterocycles. The minimum Gasteiger partial charge on any atom is -0.477 e. The molecule has 0 bridgehead atoms. The maximum absolute atomic E-state index is 11.1. The Morgan fingerprint density at radius 1 is 0.833 bits per heavy atom. The largest absolute Gasteiger partial charge is 0.477 e. The predicted octanol–water partition coefficient (Wildman–Crippen LogP) is 6.01. The van der Waals surface area contributed by atoms with Crippen LogP contribution in [0.3, 0.4) is 0 Å². The van der Waals surface area contributed by atoms with E-state index in [1.807, 2.05) is 6.07 Å². The van der Waals surface area contributed by atoms with Gasteiger partial charge in [-0.2, -0.15) is 0 Å². The minimum atomic E-state index is -0.867. The molecule has 1 heterocycles. The first-order valence-corrected chi connectivity index (χ1v) is 8.70. The zero-order valence-electron chi connectivity index (χ0n) is 14.3. The maximum atomic E-state index is 11.1. The number of aromatic carboxylic acids is 1. The Labute approximate surface area is 146 Å². The van der Waals surface area contributed by atoms with Gasteiger partial charge in [-0.15, -0.1) is 11.3 Å². The van der Waals surface area contributed by atoms with Crippen LogP contribution in [0, 0.1) is 27.7 Å². The van der Waals surface area contributed by atoms with E-state index in [0.717, 1.165) is 10.4 Å². The molecule has 0 atom stereocenters. The van der Waals surface area contributed by atoms with Crippen molar-refractivity contribution in [2.24, 2.45) is 0 Å². The van der Waals surface area contributed by atoms with Crippen LogP contribution in [0.25, 0.3) is 21.6 Å². The van der Waals surface area contributed by atoms with E-state index in [4.69, 9.17) is 5.11 Å². The molecule has 0 amide bonds. The number of carboxylic acid groups (broad SMARTS) is 1. The van der Waals surface area contributed by atoms with Gasteiger partial charge in [0.2, 0.25) is 0 Å². The lowest BCUT2D eigenvalue weighted by atomic mass is 9.93. The number of benzene rings is 2. The molecule has 24 heavy (non-hydrogen) atoms. The summed E-state index contributed by atoms with van der Waals surface area (Å²) >= 11 is 1.33. The van der Waals surface area contributed by atoms with E-state index in [1.165, 1.54) is 44.7 Å². The smallest absolute Gasteiger partial charge is 0.345 e. The Hall–Kier alpha value is -2.39. The lowest BCUT2D eigenvalue weighted by Gasteiger charge is -2.13. The quantitative estimate of drug-likeness (QED) is 0.635. The zero-order chi connectivity index (χ0) is 17.4. The van der Waals surface area contributed by atoms with E-state index in [9.17, 15) is 4.79 Å². The normalized spacial score (nSPS) is 10.8. The number of thiophene rings is 1. The molecule has 0 unspecified atom stereocenters. The fourth-order valence-corrected chi connectivity index (χ4v) is 4.27.